The van der Waals surface area contributed by atoms with E-state index in [1.54, 1.807) is 0 Å². The molecule has 69 heavy (non-hydrogen) atoms. The van der Waals surface area contributed by atoms with E-state index in [4.69, 9.17) is 18.9 Å². The van der Waals surface area contributed by atoms with Gasteiger partial charge in [-0.3, -0.25) is 9.59 Å². The zero-order valence-electron chi connectivity index (χ0n) is 44.9. The number of rotatable bonds is 50. The molecular formula is C60H104NO8+. The number of carboxylic acids is 1. The fourth-order valence-electron chi connectivity index (χ4n) is 7.41. The number of aliphatic carboxylic acids is 1. The first-order valence-electron chi connectivity index (χ1n) is 27.8. The van der Waals surface area contributed by atoms with Gasteiger partial charge < -0.3 is 28.5 Å². The van der Waals surface area contributed by atoms with Gasteiger partial charge in [0.2, 0.25) is 0 Å². The first kappa shape index (κ1) is 65.5. The maximum absolute atomic E-state index is 12.8. The molecule has 0 bridgehead atoms. The molecule has 0 rings (SSSR count). The first-order valence-corrected chi connectivity index (χ1v) is 27.8. The minimum absolute atomic E-state index is 0.174. The third-order valence-electron chi connectivity index (χ3n) is 11.7. The second-order valence-electron chi connectivity index (χ2n) is 19.5. The molecule has 2 atom stereocenters. The van der Waals surface area contributed by atoms with Crippen LogP contribution in [0, 0.1) is 0 Å². The lowest BCUT2D eigenvalue weighted by Crippen LogP contribution is -2.40. The molecule has 0 aliphatic heterocycles. The standard InChI is InChI=1S/C60H103NO8/c1-6-8-10-12-14-16-18-20-22-24-26-28-29-31-33-35-37-39-41-43-45-47-49-51-58(63)69-56(55-68-60(59(64)65)66-53-52-61(3,4)5)54-67-57(62)50-48-46-44-42-40-38-36-34-32-30-27-25-23-21-19-17-15-13-11-9-7-2/h8,10,14,16,20,22,26,28,31,33,37,39,43,45,56,60H,6-7,9,11-13,15,17-19,21,23-25,27,29-30,32,34-36,38,40-42,44,46-55H2,1-5H3/p+1/b10-8-,16-14-,22-20-,28-26-,33-31-,39-37-,45-43-. The van der Waals surface area contributed by atoms with Gasteiger partial charge in [0.1, 0.15) is 13.2 Å². The molecular weight excluding hydrogens is 863 g/mol. The molecule has 0 radical (unpaired) electrons. The van der Waals surface area contributed by atoms with E-state index in [1.807, 2.05) is 21.1 Å². The number of allylic oxidation sites excluding steroid dienone is 14. The Hall–Kier alpha value is -3.53. The van der Waals surface area contributed by atoms with Gasteiger partial charge in [-0.25, -0.2) is 4.79 Å². The number of likely N-dealkylation sites (N-methyl/N-ethyl adjacent to an activating group) is 1. The summed E-state index contributed by atoms with van der Waals surface area (Å²) in [5, 5.41) is 9.69. The van der Waals surface area contributed by atoms with Crippen molar-refractivity contribution in [1.82, 2.24) is 0 Å². The van der Waals surface area contributed by atoms with E-state index in [9.17, 15) is 19.5 Å². The van der Waals surface area contributed by atoms with Gasteiger partial charge >= 0.3 is 17.9 Å². The van der Waals surface area contributed by atoms with Crippen LogP contribution in [0.25, 0.3) is 0 Å². The quantitative estimate of drug-likeness (QED) is 0.0211. The summed E-state index contributed by atoms with van der Waals surface area (Å²) in [5.74, 6) is -2.09. The number of esters is 2. The molecule has 0 aromatic carbocycles. The van der Waals surface area contributed by atoms with Crippen LogP contribution in [0.3, 0.4) is 0 Å². The SMILES string of the molecule is CC/C=C\C/C=C\C/C=C\C/C=C\C/C=C\C/C=C\C/C=C\CCCC(=O)OC(COC(=O)CCCCCCCCCCCCCCCCCCCCCCC)COC(OCC[N+](C)(C)C)C(=O)O. The Labute approximate surface area is 423 Å². The van der Waals surface area contributed by atoms with Gasteiger partial charge in [0.05, 0.1) is 34.4 Å². The summed E-state index contributed by atoms with van der Waals surface area (Å²) in [5.41, 5.74) is 0. The lowest BCUT2D eigenvalue weighted by atomic mass is 10.0. The third-order valence-corrected chi connectivity index (χ3v) is 11.7. The van der Waals surface area contributed by atoms with Gasteiger partial charge in [0.15, 0.2) is 6.10 Å². The van der Waals surface area contributed by atoms with Crippen molar-refractivity contribution in [2.24, 2.45) is 0 Å². The van der Waals surface area contributed by atoms with Crippen LogP contribution in [0.5, 0.6) is 0 Å². The van der Waals surface area contributed by atoms with Crippen LogP contribution in [0.15, 0.2) is 85.1 Å². The van der Waals surface area contributed by atoms with Crippen molar-refractivity contribution < 1.29 is 42.9 Å². The Balaban J connectivity index is 4.39. The van der Waals surface area contributed by atoms with E-state index in [0.29, 0.717) is 23.9 Å². The number of hydrogen-bond donors (Lipinski definition) is 1. The summed E-state index contributed by atoms with van der Waals surface area (Å²) in [4.78, 5) is 37.3. The summed E-state index contributed by atoms with van der Waals surface area (Å²) >= 11 is 0. The number of carbonyl (C=O) groups excluding carboxylic acids is 2. The van der Waals surface area contributed by atoms with Crippen molar-refractivity contribution >= 4 is 17.9 Å². The molecule has 9 nitrogen and oxygen atoms in total. The molecule has 0 fully saturated rings. The minimum atomic E-state index is -1.53. The van der Waals surface area contributed by atoms with Crippen molar-refractivity contribution in [3.05, 3.63) is 85.1 Å². The molecule has 2 unspecified atom stereocenters. The molecule has 0 saturated carbocycles. The van der Waals surface area contributed by atoms with Crippen LogP contribution in [-0.4, -0.2) is 87.4 Å². The Kier molecular flexibility index (Phi) is 48.2. The van der Waals surface area contributed by atoms with Crippen LogP contribution >= 0.6 is 0 Å². The van der Waals surface area contributed by atoms with E-state index in [2.05, 4.69) is 98.9 Å². The van der Waals surface area contributed by atoms with Gasteiger partial charge in [0.25, 0.3) is 6.29 Å². The molecule has 1 N–H and O–H groups in total. The van der Waals surface area contributed by atoms with Gasteiger partial charge in [-0.15, -0.1) is 0 Å². The van der Waals surface area contributed by atoms with Crippen molar-refractivity contribution in [2.45, 2.75) is 232 Å². The molecule has 0 heterocycles. The highest BCUT2D eigenvalue weighted by atomic mass is 16.7. The lowest BCUT2D eigenvalue weighted by Gasteiger charge is -2.25. The Bertz CT molecular complexity index is 1400. The minimum Gasteiger partial charge on any atom is -0.477 e. The summed E-state index contributed by atoms with van der Waals surface area (Å²) in [7, 11) is 5.94. The summed E-state index contributed by atoms with van der Waals surface area (Å²) in [6.45, 7) is 4.71. The van der Waals surface area contributed by atoms with Crippen LogP contribution in [0.4, 0.5) is 0 Å². The second-order valence-corrected chi connectivity index (χ2v) is 19.5. The topological polar surface area (TPSA) is 108 Å². The van der Waals surface area contributed by atoms with Crippen molar-refractivity contribution in [3.63, 3.8) is 0 Å². The maximum atomic E-state index is 12.8. The number of ether oxygens (including phenoxy) is 4. The highest BCUT2D eigenvalue weighted by Crippen LogP contribution is 2.16. The largest absolute Gasteiger partial charge is 0.477 e. The summed E-state index contributed by atoms with van der Waals surface area (Å²) in [6, 6.07) is 0. The molecule has 396 valence electrons. The molecule has 0 amide bonds. The van der Waals surface area contributed by atoms with Crippen molar-refractivity contribution in [1.29, 1.82) is 0 Å². The number of quaternary nitrogens is 1. The monoisotopic (exact) mass is 967 g/mol. The maximum Gasteiger partial charge on any atom is 0.361 e. The molecule has 9 heteroatoms. The van der Waals surface area contributed by atoms with Crippen LogP contribution in [0.1, 0.15) is 219 Å². The number of unbranched alkanes of at least 4 members (excludes halogenated alkanes) is 21. The van der Waals surface area contributed by atoms with Crippen LogP contribution < -0.4 is 0 Å². The van der Waals surface area contributed by atoms with E-state index in [0.717, 1.165) is 64.2 Å². The van der Waals surface area contributed by atoms with Gasteiger partial charge in [-0.2, -0.15) is 0 Å². The molecule has 0 aromatic rings. The smallest absolute Gasteiger partial charge is 0.361 e. The molecule has 0 aliphatic carbocycles. The van der Waals surface area contributed by atoms with Gasteiger partial charge in [0, 0.05) is 12.8 Å². The zero-order chi connectivity index (χ0) is 50.6. The third kappa shape index (κ3) is 52.1. The average molecular weight is 967 g/mol. The van der Waals surface area contributed by atoms with E-state index in [-0.39, 0.29) is 38.6 Å². The van der Waals surface area contributed by atoms with Gasteiger partial charge in [-0.05, 0) is 64.2 Å². The van der Waals surface area contributed by atoms with Gasteiger partial charge in [-0.1, -0.05) is 227 Å². The molecule has 0 saturated heterocycles. The van der Waals surface area contributed by atoms with E-state index < -0.39 is 24.3 Å². The second kappa shape index (κ2) is 50.8. The fraction of sp³-hybridized carbons (Fsp3) is 0.717. The first-order chi connectivity index (χ1) is 33.6. The number of carbonyl (C=O) groups is 3. The highest BCUT2D eigenvalue weighted by molar-refractivity contribution is 5.71. The Morgan fingerprint density at radius 2 is 0.826 bits per heavy atom. The highest BCUT2D eigenvalue weighted by Gasteiger charge is 2.25. The molecule has 0 aliphatic rings. The van der Waals surface area contributed by atoms with E-state index in [1.165, 1.54) is 116 Å². The number of hydrogen-bond acceptors (Lipinski definition) is 7. The van der Waals surface area contributed by atoms with Crippen molar-refractivity contribution in [3.8, 4) is 0 Å². The van der Waals surface area contributed by atoms with Crippen LogP contribution in [-0.2, 0) is 33.3 Å². The predicted octanol–water partition coefficient (Wildman–Crippen LogP) is 16.0. The summed E-state index contributed by atoms with van der Waals surface area (Å²) < 4.78 is 22.8. The van der Waals surface area contributed by atoms with Crippen molar-refractivity contribution in [2.75, 3.05) is 47.5 Å². The Morgan fingerprint density at radius 1 is 0.449 bits per heavy atom. The normalized spacial score (nSPS) is 13.5. The number of carboxylic acid groups (broad SMARTS) is 1. The summed E-state index contributed by atoms with van der Waals surface area (Å²) in [6.07, 6.45) is 63.8. The lowest BCUT2D eigenvalue weighted by molar-refractivity contribution is -0.870. The van der Waals surface area contributed by atoms with E-state index >= 15 is 0 Å². The van der Waals surface area contributed by atoms with Crippen LogP contribution in [0.2, 0.25) is 0 Å². The zero-order valence-corrected chi connectivity index (χ0v) is 44.9. The predicted molar refractivity (Wildman–Crippen MR) is 290 cm³/mol. The molecule has 0 aromatic heterocycles. The number of nitrogens with zero attached hydrogens (tertiary/aromatic N) is 1. The molecule has 0 spiro atoms. The fourth-order valence-corrected chi connectivity index (χ4v) is 7.41. The Morgan fingerprint density at radius 3 is 1.22 bits per heavy atom. The average Bonchev–Trinajstić information content (AvgIpc) is 3.31.